The molecule has 0 aliphatic heterocycles. The van der Waals surface area contributed by atoms with E-state index in [1.807, 2.05) is 31.2 Å². The van der Waals surface area contributed by atoms with Crippen LogP contribution in [0.2, 0.25) is 0 Å². The van der Waals surface area contributed by atoms with Crippen LogP contribution in [0.4, 0.5) is 0 Å². The summed E-state index contributed by atoms with van der Waals surface area (Å²) in [6.45, 7) is 6.72. The largest absolute Gasteiger partial charge is 0.494 e. The van der Waals surface area contributed by atoms with E-state index in [2.05, 4.69) is 24.7 Å². The lowest BCUT2D eigenvalue weighted by Crippen LogP contribution is -2.40. The second-order valence-electron chi connectivity index (χ2n) is 6.06. The van der Waals surface area contributed by atoms with Gasteiger partial charge in [-0.1, -0.05) is 38.1 Å². The molecule has 2 aromatic carbocycles. The number of amides is 2. The molecule has 5 nitrogen and oxygen atoms in total. The van der Waals surface area contributed by atoms with Crippen molar-refractivity contribution >= 4 is 17.9 Å². The van der Waals surface area contributed by atoms with Gasteiger partial charge in [-0.25, -0.2) is 0 Å². The molecule has 0 spiro atoms. The molecule has 0 aromatic heterocycles. The van der Waals surface area contributed by atoms with E-state index in [1.165, 1.54) is 11.6 Å². The molecular formula is C21H24N2O3. The van der Waals surface area contributed by atoms with E-state index in [0.29, 0.717) is 23.8 Å². The van der Waals surface area contributed by atoms with Crippen molar-refractivity contribution in [1.29, 1.82) is 0 Å². The Morgan fingerprint density at radius 3 is 2.23 bits per heavy atom. The van der Waals surface area contributed by atoms with E-state index in [1.54, 1.807) is 30.3 Å². The minimum Gasteiger partial charge on any atom is -0.494 e. The van der Waals surface area contributed by atoms with Gasteiger partial charge in [-0.05, 0) is 54.3 Å². The number of nitrogens with one attached hydrogen (secondary N) is 2. The van der Waals surface area contributed by atoms with Crippen LogP contribution >= 0.6 is 0 Å². The first kappa shape index (κ1) is 19.2. The van der Waals surface area contributed by atoms with Crippen LogP contribution in [0.25, 0.3) is 6.08 Å². The highest BCUT2D eigenvalue weighted by atomic mass is 16.5. The molecule has 2 rings (SSSR count). The smallest absolute Gasteiger partial charge is 0.269 e. The molecule has 0 atom stereocenters. The Balaban J connectivity index is 1.84. The van der Waals surface area contributed by atoms with Crippen molar-refractivity contribution in [2.24, 2.45) is 0 Å². The summed E-state index contributed by atoms with van der Waals surface area (Å²) in [5.74, 6) is 0.363. The van der Waals surface area contributed by atoms with Gasteiger partial charge in [-0.3, -0.25) is 20.4 Å². The highest BCUT2D eigenvalue weighted by Crippen LogP contribution is 2.15. The summed E-state index contributed by atoms with van der Waals surface area (Å²) < 4.78 is 5.32. The standard InChI is InChI=1S/C21H24N2O3/c1-4-26-19-12-10-18(11-13-19)21(25)23-22-20(24)14-7-16-5-8-17(9-6-16)15(2)3/h5-15H,4H2,1-3H3,(H,22,24)(H,23,25)/b14-7+. The normalized spacial score (nSPS) is 10.8. The van der Waals surface area contributed by atoms with Crippen molar-refractivity contribution in [3.63, 3.8) is 0 Å². The Kier molecular flexibility index (Phi) is 6.97. The Bertz CT molecular complexity index is 763. The molecule has 0 heterocycles. The van der Waals surface area contributed by atoms with Crippen LogP contribution in [0.1, 0.15) is 48.2 Å². The molecular weight excluding hydrogens is 328 g/mol. The van der Waals surface area contributed by atoms with E-state index in [9.17, 15) is 9.59 Å². The van der Waals surface area contributed by atoms with Crippen LogP contribution in [0, 0.1) is 0 Å². The molecule has 2 N–H and O–H groups in total. The number of hydrogen-bond acceptors (Lipinski definition) is 3. The van der Waals surface area contributed by atoms with Gasteiger partial charge < -0.3 is 4.74 Å². The molecule has 26 heavy (non-hydrogen) atoms. The van der Waals surface area contributed by atoms with Gasteiger partial charge in [0, 0.05) is 11.6 Å². The molecule has 0 fully saturated rings. The minimum atomic E-state index is -0.405. The summed E-state index contributed by atoms with van der Waals surface area (Å²) in [5, 5.41) is 0. The third kappa shape index (κ3) is 5.77. The Morgan fingerprint density at radius 2 is 1.65 bits per heavy atom. The minimum absolute atomic E-state index is 0.393. The fourth-order valence-corrected chi connectivity index (χ4v) is 2.27. The second-order valence-corrected chi connectivity index (χ2v) is 6.06. The molecule has 0 saturated carbocycles. The zero-order valence-corrected chi connectivity index (χ0v) is 15.3. The third-order valence-electron chi connectivity index (χ3n) is 3.76. The van der Waals surface area contributed by atoms with Gasteiger partial charge in [0.25, 0.3) is 11.8 Å². The lowest BCUT2D eigenvalue weighted by molar-refractivity contribution is -0.117. The van der Waals surface area contributed by atoms with Crippen molar-refractivity contribution in [3.05, 3.63) is 71.3 Å². The average Bonchev–Trinajstić information content (AvgIpc) is 2.65. The van der Waals surface area contributed by atoms with Gasteiger partial charge in [-0.15, -0.1) is 0 Å². The zero-order chi connectivity index (χ0) is 18.9. The van der Waals surface area contributed by atoms with Gasteiger partial charge in [-0.2, -0.15) is 0 Å². The molecule has 5 heteroatoms. The topological polar surface area (TPSA) is 67.4 Å². The summed E-state index contributed by atoms with van der Waals surface area (Å²) in [4.78, 5) is 23.8. The predicted octanol–water partition coefficient (Wildman–Crippen LogP) is 3.68. The molecule has 0 aliphatic rings. The van der Waals surface area contributed by atoms with Crippen molar-refractivity contribution in [1.82, 2.24) is 10.9 Å². The Morgan fingerprint density at radius 1 is 1.00 bits per heavy atom. The number of carbonyl (C=O) groups excluding carboxylic acids is 2. The second kappa shape index (κ2) is 9.42. The Hall–Kier alpha value is -3.08. The molecule has 0 bridgehead atoms. The summed E-state index contributed by atoms with van der Waals surface area (Å²) in [5.41, 5.74) is 7.34. The van der Waals surface area contributed by atoms with Crippen LogP contribution in [-0.4, -0.2) is 18.4 Å². The highest BCUT2D eigenvalue weighted by molar-refractivity contribution is 5.97. The summed E-state index contributed by atoms with van der Waals surface area (Å²) in [7, 11) is 0. The summed E-state index contributed by atoms with van der Waals surface area (Å²) >= 11 is 0. The molecule has 136 valence electrons. The van der Waals surface area contributed by atoms with E-state index >= 15 is 0 Å². The molecule has 2 amide bonds. The van der Waals surface area contributed by atoms with Gasteiger partial charge in [0.15, 0.2) is 0 Å². The number of hydrazine groups is 1. The van der Waals surface area contributed by atoms with Gasteiger partial charge >= 0.3 is 0 Å². The number of hydrogen-bond donors (Lipinski definition) is 2. The lowest BCUT2D eigenvalue weighted by atomic mass is 10.0. The first-order valence-electron chi connectivity index (χ1n) is 8.60. The van der Waals surface area contributed by atoms with E-state index < -0.39 is 11.8 Å². The quantitative estimate of drug-likeness (QED) is 0.615. The number of carbonyl (C=O) groups is 2. The van der Waals surface area contributed by atoms with Crippen LogP contribution in [0.3, 0.4) is 0 Å². The number of rotatable bonds is 6. The van der Waals surface area contributed by atoms with Crippen LogP contribution in [0.15, 0.2) is 54.6 Å². The lowest BCUT2D eigenvalue weighted by Gasteiger charge is -2.07. The fraction of sp³-hybridized carbons (Fsp3) is 0.238. The maximum Gasteiger partial charge on any atom is 0.269 e. The first-order chi connectivity index (χ1) is 12.5. The van der Waals surface area contributed by atoms with Gasteiger partial charge in [0.05, 0.1) is 6.61 Å². The fourth-order valence-electron chi connectivity index (χ4n) is 2.27. The van der Waals surface area contributed by atoms with Crippen LogP contribution < -0.4 is 15.6 Å². The van der Waals surface area contributed by atoms with Crippen molar-refractivity contribution < 1.29 is 14.3 Å². The van der Waals surface area contributed by atoms with E-state index in [-0.39, 0.29) is 0 Å². The average molecular weight is 352 g/mol. The number of ether oxygens (including phenoxy) is 1. The van der Waals surface area contributed by atoms with Crippen molar-refractivity contribution in [3.8, 4) is 5.75 Å². The molecule has 0 saturated heterocycles. The van der Waals surface area contributed by atoms with Crippen LogP contribution in [0.5, 0.6) is 5.75 Å². The number of benzene rings is 2. The predicted molar refractivity (Wildman–Crippen MR) is 103 cm³/mol. The van der Waals surface area contributed by atoms with Gasteiger partial charge in [0.1, 0.15) is 5.75 Å². The molecule has 2 aromatic rings. The van der Waals surface area contributed by atoms with Crippen molar-refractivity contribution in [2.75, 3.05) is 6.61 Å². The third-order valence-corrected chi connectivity index (χ3v) is 3.76. The summed E-state index contributed by atoms with van der Waals surface area (Å²) in [6.07, 6.45) is 3.07. The van der Waals surface area contributed by atoms with Crippen LogP contribution in [-0.2, 0) is 4.79 Å². The maximum absolute atomic E-state index is 12.0. The monoisotopic (exact) mass is 352 g/mol. The zero-order valence-electron chi connectivity index (χ0n) is 15.3. The van der Waals surface area contributed by atoms with Crippen molar-refractivity contribution in [2.45, 2.75) is 26.7 Å². The SMILES string of the molecule is CCOc1ccc(C(=O)NNC(=O)/C=C/c2ccc(C(C)C)cc2)cc1. The first-order valence-corrected chi connectivity index (χ1v) is 8.60. The van der Waals surface area contributed by atoms with E-state index in [4.69, 9.17) is 4.74 Å². The molecule has 0 aliphatic carbocycles. The van der Waals surface area contributed by atoms with Gasteiger partial charge in [0.2, 0.25) is 0 Å². The maximum atomic E-state index is 12.0. The van der Waals surface area contributed by atoms with E-state index in [0.717, 1.165) is 5.56 Å². The molecule has 0 unspecified atom stereocenters. The highest BCUT2D eigenvalue weighted by Gasteiger charge is 2.06. The molecule has 0 radical (unpaired) electrons. The Labute approximate surface area is 154 Å². The summed E-state index contributed by atoms with van der Waals surface area (Å²) in [6, 6.07) is 14.7.